The zero-order chi connectivity index (χ0) is 23.1. The summed E-state index contributed by atoms with van der Waals surface area (Å²) in [6.07, 6.45) is 2.14. The molecule has 2 aromatic carbocycles. The fraction of sp³-hybridized carbons (Fsp3) is 0.370. The average molecular weight is 432 g/mol. The minimum Gasteiger partial charge on any atom is -0.337 e. The molecule has 2 heterocycles. The number of rotatable bonds is 5. The van der Waals surface area contributed by atoms with Gasteiger partial charge in [0, 0.05) is 25.5 Å². The molecule has 0 saturated carbocycles. The molecule has 1 aromatic heterocycles. The minimum atomic E-state index is -0.231. The highest BCUT2D eigenvalue weighted by molar-refractivity contribution is 5.73. The van der Waals surface area contributed by atoms with Crippen LogP contribution in [0.4, 0.5) is 0 Å². The van der Waals surface area contributed by atoms with Crippen molar-refractivity contribution in [1.82, 2.24) is 14.5 Å². The second kappa shape index (κ2) is 10.9. The number of hydrogen-bond acceptors (Lipinski definition) is 3. The molecule has 1 amide bonds. The van der Waals surface area contributed by atoms with Gasteiger partial charge in [0.1, 0.15) is 5.82 Å². The molecule has 3 aromatic rings. The van der Waals surface area contributed by atoms with Gasteiger partial charge >= 0.3 is 0 Å². The van der Waals surface area contributed by atoms with Crippen molar-refractivity contribution in [3.63, 3.8) is 0 Å². The molecule has 0 spiro atoms. The van der Waals surface area contributed by atoms with Crippen LogP contribution >= 0.6 is 0 Å². The molecule has 4 rings (SSSR count). The van der Waals surface area contributed by atoms with Crippen LogP contribution in [0.3, 0.4) is 0 Å². The van der Waals surface area contributed by atoms with Crippen LogP contribution in [0.25, 0.3) is 0 Å². The third kappa shape index (κ3) is 4.82. The molecule has 168 valence electrons. The Labute approximate surface area is 190 Å². The molecule has 1 aliphatic rings. The largest absolute Gasteiger partial charge is 0.337 e. The number of aryl methyl sites for hydroxylation is 1. The molecule has 0 N–H and O–H groups in total. The van der Waals surface area contributed by atoms with E-state index < -0.39 is 0 Å². The summed E-state index contributed by atoms with van der Waals surface area (Å²) >= 11 is 0. The Morgan fingerprint density at radius 2 is 1.56 bits per heavy atom. The highest BCUT2D eigenvalue weighted by Crippen LogP contribution is 2.28. The van der Waals surface area contributed by atoms with Crippen molar-refractivity contribution in [2.45, 2.75) is 59.5 Å². The number of carbonyl (C=O) groups is 1. The Bertz CT molecular complexity index is 1050. The van der Waals surface area contributed by atoms with Crippen molar-refractivity contribution in [2.75, 3.05) is 6.54 Å². The van der Waals surface area contributed by atoms with Gasteiger partial charge < -0.3 is 4.90 Å². The van der Waals surface area contributed by atoms with Crippen LogP contribution in [-0.2, 0) is 24.2 Å². The third-order valence-electron chi connectivity index (χ3n) is 5.75. The van der Waals surface area contributed by atoms with E-state index in [9.17, 15) is 9.59 Å². The standard InChI is InChI=1S/C25H27N3O2.C2H6/c1-3-10-23-26-22-17-27(18(2)29)16-15-21(22)25(30)28(23)24(19-11-6-4-7-12-19)20-13-8-5-9-14-20;1-2/h4-9,11-14,24H,3,10,15-17H2,1-2H3;1-2H3. The lowest BCUT2D eigenvalue weighted by Gasteiger charge is -2.30. The molecule has 5 nitrogen and oxygen atoms in total. The topological polar surface area (TPSA) is 55.2 Å². The van der Waals surface area contributed by atoms with E-state index in [2.05, 4.69) is 31.2 Å². The van der Waals surface area contributed by atoms with Crippen LogP contribution in [0.5, 0.6) is 0 Å². The highest BCUT2D eigenvalue weighted by atomic mass is 16.2. The molecule has 0 aliphatic carbocycles. The lowest BCUT2D eigenvalue weighted by Crippen LogP contribution is -2.41. The monoisotopic (exact) mass is 431 g/mol. The molecule has 0 unspecified atom stereocenters. The molecule has 0 atom stereocenters. The van der Waals surface area contributed by atoms with Gasteiger partial charge in [-0.05, 0) is 24.0 Å². The SMILES string of the molecule is CC.CCCc1nc2c(c(=O)n1C(c1ccccc1)c1ccccc1)CCN(C(C)=O)C2. The Balaban J connectivity index is 0.00000141. The van der Waals surface area contributed by atoms with Crippen LogP contribution in [0.2, 0.25) is 0 Å². The lowest BCUT2D eigenvalue weighted by atomic mass is 9.97. The van der Waals surface area contributed by atoms with Gasteiger partial charge in [-0.3, -0.25) is 14.2 Å². The summed E-state index contributed by atoms with van der Waals surface area (Å²) in [5.41, 5.74) is 3.63. The maximum absolute atomic E-state index is 13.8. The number of nitrogens with zero attached hydrogens (tertiary/aromatic N) is 3. The predicted octanol–water partition coefficient (Wildman–Crippen LogP) is 4.76. The Kier molecular flexibility index (Phi) is 7.98. The van der Waals surface area contributed by atoms with Crippen LogP contribution in [0.15, 0.2) is 65.5 Å². The van der Waals surface area contributed by atoms with Crippen molar-refractivity contribution < 1.29 is 4.79 Å². The van der Waals surface area contributed by atoms with Crippen molar-refractivity contribution >= 4 is 5.91 Å². The maximum atomic E-state index is 13.8. The first-order valence-electron chi connectivity index (χ1n) is 11.6. The predicted molar refractivity (Wildman–Crippen MR) is 129 cm³/mol. The van der Waals surface area contributed by atoms with Crippen LogP contribution in [0.1, 0.15) is 68.4 Å². The molecule has 0 fully saturated rings. The summed E-state index contributed by atoms with van der Waals surface area (Å²) in [5, 5.41) is 0. The van der Waals surface area contributed by atoms with E-state index in [1.807, 2.05) is 54.8 Å². The smallest absolute Gasteiger partial charge is 0.257 e. The number of benzene rings is 2. The zero-order valence-corrected chi connectivity index (χ0v) is 19.5. The van der Waals surface area contributed by atoms with Crippen molar-refractivity contribution in [2.24, 2.45) is 0 Å². The molecule has 0 bridgehead atoms. The first-order chi connectivity index (χ1) is 15.6. The lowest BCUT2D eigenvalue weighted by molar-refractivity contribution is -0.129. The normalized spacial score (nSPS) is 12.7. The van der Waals surface area contributed by atoms with E-state index in [1.54, 1.807) is 11.8 Å². The second-order valence-electron chi connectivity index (χ2n) is 7.79. The van der Waals surface area contributed by atoms with E-state index in [1.165, 1.54) is 0 Å². The summed E-state index contributed by atoms with van der Waals surface area (Å²) in [6, 6.07) is 20.0. The number of hydrogen-bond donors (Lipinski definition) is 0. The maximum Gasteiger partial charge on any atom is 0.257 e. The van der Waals surface area contributed by atoms with E-state index in [4.69, 9.17) is 4.98 Å². The van der Waals surface area contributed by atoms with E-state index in [0.29, 0.717) is 25.9 Å². The van der Waals surface area contributed by atoms with Gasteiger partial charge in [-0.1, -0.05) is 81.4 Å². The number of carbonyl (C=O) groups excluding carboxylic acids is 1. The van der Waals surface area contributed by atoms with E-state index in [-0.39, 0.29) is 17.5 Å². The van der Waals surface area contributed by atoms with Gasteiger partial charge in [0.15, 0.2) is 0 Å². The highest BCUT2D eigenvalue weighted by Gasteiger charge is 2.28. The van der Waals surface area contributed by atoms with Crippen molar-refractivity contribution in [1.29, 1.82) is 0 Å². The van der Waals surface area contributed by atoms with Gasteiger partial charge in [-0.15, -0.1) is 0 Å². The van der Waals surface area contributed by atoms with Crippen LogP contribution in [0, 0.1) is 0 Å². The molecule has 32 heavy (non-hydrogen) atoms. The van der Waals surface area contributed by atoms with Crippen LogP contribution in [-0.4, -0.2) is 26.9 Å². The number of amides is 1. The summed E-state index contributed by atoms with van der Waals surface area (Å²) in [4.78, 5) is 32.4. The van der Waals surface area contributed by atoms with E-state index >= 15 is 0 Å². The Morgan fingerprint density at radius 1 is 1.00 bits per heavy atom. The summed E-state index contributed by atoms with van der Waals surface area (Å²) in [7, 11) is 0. The summed E-state index contributed by atoms with van der Waals surface area (Å²) < 4.78 is 1.89. The molecule has 0 radical (unpaired) electrons. The van der Waals surface area contributed by atoms with E-state index in [0.717, 1.165) is 34.6 Å². The van der Waals surface area contributed by atoms with Gasteiger partial charge in [0.2, 0.25) is 5.91 Å². The molecular weight excluding hydrogens is 398 g/mol. The zero-order valence-electron chi connectivity index (χ0n) is 19.5. The van der Waals surface area contributed by atoms with Gasteiger partial charge in [0.25, 0.3) is 5.56 Å². The Morgan fingerprint density at radius 3 is 2.06 bits per heavy atom. The average Bonchev–Trinajstić information content (AvgIpc) is 2.83. The first-order valence-corrected chi connectivity index (χ1v) is 11.6. The fourth-order valence-corrected chi connectivity index (χ4v) is 4.25. The van der Waals surface area contributed by atoms with Crippen molar-refractivity contribution in [3.8, 4) is 0 Å². The third-order valence-corrected chi connectivity index (χ3v) is 5.75. The fourth-order valence-electron chi connectivity index (χ4n) is 4.25. The summed E-state index contributed by atoms with van der Waals surface area (Å²) in [6.45, 7) is 8.64. The Hall–Kier alpha value is -3.21. The molecular formula is C27H33N3O2. The summed E-state index contributed by atoms with van der Waals surface area (Å²) in [5.74, 6) is 0.805. The number of aromatic nitrogens is 2. The minimum absolute atomic E-state index is 0.0179. The molecule has 1 aliphatic heterocycles. The van der Waals surface area contributed by atoms with Crippen LogP contribution < -0.4 is 5.56 Å². The molecule has 5 heteroatoms. The van der Waals surface area contributed by atoms with Gasteiger partial charge in [-0.25, -0.2) is 4.98 Å². The number of fused-ring (bicyclic) bond motifs is 1. The quantitative estimate of drug-likeness (QED) is 0.585. The van der Waals surface area contributed by atoms with Gasteiger partial charge in [0.05, 0.1) is 18.3 Å². The second-order valence-corrected chi connectivity index (χ2v) is 7.79. The first kappa shape index (κ1) is 23.5. The molecule has 0 saturated heterocycles. The van der Waals surface area contributed by atoms with Crippen molar-refractivity contribution in [3.05, 3.63) is 99.2 Å². The van der Waals surface area contributed by atoms with Gasteiger partial charge in [-0.2, -0.15) is 0 Å².